The quantitative estimate of drug-likeness (QED) is 0.870. The van der Waals surface area contributed by atoms with Crippen LogP contribution < -0.4 is 14.8 Å². The topological polar surface area (TPSA) is 47.6 Å². The van der Waals surface area contributed by atoms with E-state index in [0.717, 1.165) is 0 Å². The average molecular weight is 273 g/mol. The maximum Gasteiger partial charge on any atom is 0.231 e. The molecule has 5 heteroatoms. The molecule has 0 saturated heterocycles. The second-order valence-electron chi connectivity index (χ2n) is 4.32. The molecule has 20 heavy (non-hydrogen) atoms. The molecule has 2 aromatic carbocycles. The zero-order valence-electron chi connectivity index (χ0n) is 10.6. The Hall–Kier alpha value is -2.56. The summed E-state index contributed by atoms with van der Waals surface area (Å²) in [4.78, 5) is 12.0. The number of hydrogen-bond donors (Lipinski definition) is 1. The summed E-state index contributed by atoms with van der Waals surface area (Å²) in [5.41, 5.74) is 0.805. The summed E-state index contributed by atoms with van der Waals surface area (Å²) >= 11 is 0. The first kappa shape index (κ1) is 12.5. The number of halogens is 1. The van der Waals surface area contributed by atoms with Crippen molar-refractivity contribution in [3.63, 3.8) is 0 Å². The van der Waals surface area contributed by atoms with Crippen molar-refractivity contribution in [2.24, 2.45) is 0 Å². The summed E-state index contributed by atoms with van der Waals surface area (Å²) in [6.45, 7) is 0.182. The van der Waals surface area contributed by atoms with Crippen molar-refractivity contribution < 1.29 is 18.7 Å². The van der Waals surface area contributed by atoms with Crippen LogP contribution >= 0.6 is 0 Å². The normalized spacial score (nSPS) is 12.2. The van der Waals surface area contributed by atoms with Crippen LogP contribution in [0.4, 0.5) is 10.1 Å². The fourth-order valence-electron chi connectivity index (χ4n) is 1.95. The van der Waals surface area contributed by atoms with Crippen LogP contribution in [-0.2, 0) is 0 Å². The highest BCUT2D eigenvalue weighted by Gasteiger charge is 2.16. The van der Waals surface area contributed by atoms with E-state index in [-0.39, 0.29) is 24.9 Å². The van der Waals surface area contributed by atoms with Gasteiger partial charge in [0.25, 0.3) is 0 Å². The van der Waals surface area contributed by atoms with Gasteiger partial charge in [-0.3, -0.25) is 4.79 Å². The number of fused-ring (bicyclic) bond motifs is 1. The molecule has 1 N–H and O–H groups in total. The lowest BCUT2D eigenvalue weighted by Gasteiger charge is -2.07. The van der Waals surface area contributed by atoms with E-state index in [1.807, 2.05) is 0 Å². The first-order valence-electron chi connectivity index (χ1n) is 6.15. The van der Waals surface area contributed by atoms with Crippen molar-refractivity contribution in [1.29, 1.82) is 0 Å². The number of Topliss-reactive ketones (excluding diaryl/α,β-unsaturated/α-hetero) is 1. The number of ketones is 1. The van der Waals surface area contributed by atoms with Gasteiger partial charge in [-0.1, -0.05) is 12.1 Å². The van der Waals surface area contributed by atoms with Gasteiger partial charge in [-0.2, -0.15) is 0 Å². The van der Waals surface area contributed by atoms with Crippen LogP contribution in [0.15, 0.2) is 42.5 Å². The van der Waals surface area contributed by atoms with Crippen molar-refractivity contribution in [3.05, 3.63) is 53.8 Å². The summed E-state index contributed by atoms with van der Waals surface area (Å²) < 4.78 is 23.8. The summed E-state index contributed by atoms with van der Waals surface area (Å²) in [6.07, 6.45) is 0. The molecule has 0 bridgehead atoms. The van der Waals surface area contributed by atoms with E-state index in [1.54, 1.807) is 36.4 Å². The van der Waals surface area contributed by atoms with E-state index in [0.29, 0.717) is 22.7 Å². The molecule has 0 spiro atoms. The largest absolute Gasteiger partial charge is 0.454 e. The molecule has 0 amide bonds. The van der Waals surface area contributed by atoms with Crippen molar-refractivity contribution >= 4 is 11.5 Å². The van der Waals surface area contributed by atoms with Crippen molar-refractivity contribution in [2.45, 2.75) is 0 Å². The number of para-hydroxylation sites is 1. The van der Waals surface area contributed by atoms with Crippen LogP contribution in [-0.4, -0.2) is 19.1 Å². The van der Waals surface area contributed by atoms with Gasteiger partial charge in [-0.25, -0.2) is 4.39 Å². The van der Waals surface area contributed by atoms with Gasteiger partial charge < -0.3 is 14.8 Å². The van der Waals surface area contributed by atoms with E-state index in [1.165, 1.54) is 6.07 Å². The Labute approximate surface area is 115 Å². The molecule has 1 heterocycles. The lowest BCUT2D eigenvalue weighted by Crippen LogP contribution is -2.14. The fourth-order valence-corrected chi connectivity index (χ4v) is 1.95. The summed E-state index contributed by atoms with van der Waals surface area (Å²) in [6, 6.07) is 11.2. The molecule has 0 radical (unpaired) electrons. The van der Waals surface area contributed by atoms with Crippen LogP contribution in [0.25, 0.3) is 0 Å². The highest BCUT2D eigenvalue weighted by molar-refractivity contribution is 5.99. The van der Waals surface area contributed by atoms with Gasteiger partial charge in [0, 0.05) is 5.56 Å². The van der Waals surface area contributed by atoms with Crippen LogP contribution in [0.3, 0.4) is 0 Å². The third-order valence-electron chi connectivity index (χ3n) is 3.01. The minimum atomic E-state index is -0.383. The Morgan fingerprint density at radius 2 is 1.95 bits per heavy atom. The van der Waals surface area contributed by atoms with Crippen molar-refractivity contribution in [3.8, 4) is 11.5 Å². The highest BCUT2D eigenvalue weighted by Crippen LogP contribution is 2.32. The summed E-state index contributed by atoms with van der Waals surface area (Å²) in [5, 5.41) is 2.78. The van der Waals surface area contributed by atoms with Crippen molar-refractivity contribution in [1.82, 2.24) is 0 Å². The standard InChI is InChI=1S/C15H12FNO3/c16-11-3-1-2-4-12(11)17-8-13(18)10-5-6-14-15(7-10)20-9-19-14/h1-7,17H,8-9H2. The Kier molecular flexibility index (Phi) is 3.25. The fraction of sp³-hybridized carbons (Fsp3) is 0.133. The number of benzene rings is 2. The molecule has 0 fully saturated rings. The molecule has 4 nitrogen and oxygen atoms in total. The number of carbonyl (C=O) groups excluding carboxylic acids is 1. The lowest BCUT2D eigenvalue weighted by atomic mass is 10.1. The smallest absolute Gasteiger partial charge is 0.231 e. The zero-order valence-corrected chi connectivity index (χ0v) is 10.6. The molecule has 1 aliphatic rings. The molecule has 0 aromatic heterocycles. The number of rotatable bonds is 4. The molecule has 0 saturated carbocycles. The molecular formula is C15H12FNO3. The predicted octanol–water partition coefficient (Wildman–Crippen LogP) is 2.85. The predicted molar refractivity (Wildman–Crippen MR) is 71.8 cm³/mol. The number of anilines is 1. The van der Waals surface area contributed by atoms with Crippen LogP contribution in [0, 0.1) is 5.82 Å². The van der Waals surface area contributed by atoms with E-state index in [2.05, 4.69) is 5.32 Å². The van der Waals surface area contributed by atoms with Gasteiger partial charge in [-0.15, -0.1) is 0 Å². The SMILES string of the molecule is O=C(CNc1ccccc1F)c1ccc2c(c1)OCO2. The number of ether oxygens (including phenoxy) is 2. The molecule has 102 valence electrons. The number of nitrogens with one attached hydrogen (secondary N) is 1. The average Bonchev–Trinajstić information content (AvgIpc) is 2.93. The van der Waals surface area contributed by atoms with Gasteiger partial charge in [0.1, 0.15) is 5.82 Å². The molecule has 0 unspecified atom stereocenters. The molecule has 2 aromatic rings. The van der Waals surface area contributed by atoms with E-state index < -0.39 is 0 Å². The van der Waals surface area contributed by atoms with Crippen LogP contribution in [0.5, 0.6) is 11.5 Å². The first-order chi connectivity index (χ1) is 9.74. The number of carbonyl (C=O) groups is 1. The lowest BCUT2D eigenvalue weighted by molar-refractivity contribution is 0.101. The van der Waals surface area contributed by atoms with Crippen molar-refractivity contribution in [2.75, 3.05) is 18.7 Å². The third-order valence-corrected chi connectivity index (χ3v) is 3.01. The minimum absolute atomic E-state index is 0.0145. The Morgan fingerprint density at radius 1 is 1.15 bits per heavy atom. The molecular weight excluding hydrogens is 261 g/mol. The summed E-state index contributed by atoms with van der Waals surface area (Å²) in [5.74, 6) is 0.655. The zero-order chi connectivity index (χ0) is 13.9. The van der Waals surface area contributed by atoms with Gasteiger partial charge in [0.15, 0.2) is 17.3 Å². The second kappa shape index (κ2) is 5.21. The van der Waals surface area contributed by atoms with Gasteiger partial charge in [0.05, 0.1) is 12.2 Å². The number of hydrogen-bond acceptors (Lipinski definition) is 4. The van der Waals surface area contributed by atoms with E-state index in [4.69, 9.17) is 9.47 Å². The molecule has 3 rings (SSSR count). The molecule has 0 atom stereocenters. The minimum Gasteiger partial charge on any atom is -0.454 e. The maximum atomic E-state index is 13.4. The highest BCUT2D eigenvalue weighted by atomic mass is 19.1. The molecule has 0 aliphatic carbocycles. The van der Waals surface area contributed by atoms with Crippen LogP contribution in [0.2, 0.25) is 0 Å². The van der Waals surface area contributed by atoms with Crippen LogP contribution in [0.1, 0.15) is 10.4 Å². The third kappa shape index (κ3) is 2.42. The first-order valence-corrected chi connectivity index (χ1v) is 6.15. The molecule has 1 aliphatic heterocycles. The van der Waals surface area contributed by atoms with E-state index in [9.17, 15) is 9.18 Å². The summed E-state index contributed by atoms with van der Waals surface area (Å²) in [7, 11) is 0. The maximum absolute atomic E-state index is 13.4. The Morgan fingerprint density at radius 3 is 2.80 bits per heavy atom. The van der Waals surface area contributed by atoms with Gasteiger partial charge >= 0.3 is 0 Å². The Balaban J connectivity index is 1.69. The Bertz CT molecular complexity index is 657. The monoisotopic (exact) mass is 273 g/mol. The van der Waals surface area contributed by atoms with Gasteiger partial charge in [0.2, 0.25) is 6.79 Å². The second-order valence-corrected chi connectivity index (χ2v) is 4.32. The van der Waals surface area contributed by atoms with Gasteiger partial charge in [-0.05, 0) is 30.3 Å². The van der Waals surface area contributed by atoms with E-state index >= 15 is 0 Å².